The third kappa shape index (κ3) is 3.84. The molecule has 7 nitrogen and oxygen atoms in total. The van der Waals surface area contributed by atoms with E-state index < -0.39 is 0 Å². The quantitative estimate of drug-likeness (QED) is 0.830. The lowest BCUT2D eigenvalue weighted by Crippen LogP contribution is -2.45. The van der Waals surface area contributed by atoms with Crippen molar-refractivity contribution >= 4 is 11.7 Å². The average molecular weight is 329 g/mol. The zero-order valence-corrected chi connectivity index (χ0v) is 14.1. The molecule has 1 aliphatic heterocycles. The van der Waals surface area contributed by atoms with Gasteiger partial charge in [-0.2, -0.15) is 0 Å². The van der Waals surface area contributed by atoms with Crippen LogP contribution in [0.2, 0.25) is 0 Å². The summed E-state index contributed by atoms with van der Waals surface area (Å²) in [5.74, 6) is 1.34. The second-order valence-corrected chi connectivity index (χ2v) is 6.16. The van der Waals surface area contributed by atoms with Crippen LogP contribution in [0.1, 0.15) is 12.8 Å². The van der Waals surface area contributed by atoms with Gasteiger partial charge in [-0.1, -0.05) is 0 Å². The Kier molecular flexibility index (Phi) is 4.98. The first kappa shape index (κ1) is 16.3. The Labute approximate surface area is 141 Å². The van der Waals surface area contributed by atoms with E-state index >= 15 is 0 Å². The number of hydrogen-bond donors (Lipinski definition) is 0. The van der Waals surface area contributed by atoms with Crippen LogP contribution in [0.15, 0.2) is 36.9 Å². The molecule has 1 atom stereocenters. The first-order valence-corrected chi connectivity index (χ1v) is 8.17. The van der Waals surface area contributed by atoms with Gasteiger partial charge in [-0.25, -0.2) is 9.97 Å². The van der Waals surface area contributed by atoms with Crippen LogP contribution in [0.3, 0.4) is 0 Å². The van der Waals surface area contributed by atoms with Crippen molar-refractivity contribution in [1.29, 1.82) is 0 Å². The highest BCUT2D eigenvalue weighted by Crippen LogP contribution is 2.24. The molecule has 128 valence electrons. The highest BCUT2D eigenvalue weighted by molar-refractivity contribution is 5.76. The lowest BCUT2D eigenvalue weighted by atomic mass is 10.1. The standard InChI is InChI=1S/C17H23N5O2/c1-20(2)16-17(19-8-7-18-16)24-14-6-5-11-22(12-14)15(23)13-21-9-3-4-10-21/h3-4,7-10,14H,5-6,11-13H2,1-2H3. The molecule has 2 aromatic heterocycles. The van der Waals surface area contributed by atoms with E-state index in [-0.39, 0.29) is 12.0 Å². The van der Waals surface area contributed by atoms with Crippen molar-refractivity contribution in [3.8, 4) is 5.88 Å². The number of hydrogen-bond acceptors (Lipinski definition) is 5. The molecular formula is C17H23N5O2. The number of amides is 1. The van der Waals surface area contributed by atoms with Crippen LogP contribution in [0.4, 0.5) is 5.82 Å². The zero-order chi connectivity index (χ0) is 16.9. The Morgan fingerprint density at radius 1 is 1.29 bits per heavy atom. The van der Waals surface area contributed by atoms with Crippen LogP contribution in [-0.2, 0) is 11.3 Å². The summed E-state index contributed by atoms with van der Waals surface area (Å²) in [6, 6.07) is 3.85. The van der Waals surface area contributed by atoms with Gasteiger partial charge in [0.25, 0.3) is 5.88 Å². The van der Waals surface area contributed by atoms with Gasteiger partial charge in [-0.3, -0.25) is 4.79 Å². The van der Waals surface area contributed by atoms with Crippen LogP contribution in [0.5, 0.6) is 5.88 Å². The van der Waals surface area contributed by atoms with Gasteiger partial charge in [0.15, 0.2) is 5.82 Å². The molecule has 0 aromatic carbocycles. The minimum Gasteiger partial charge on any atom is -0.470 e. The summed E-state index contributed by atoms with van der Waals surface area (Å²) in [4.78, 5) is 24.8. The first-order chi connectivity index (χ1) is 11.6. The lowest BCUT2D eigenvalue weighted by Gasteiger charge is -2.33. The number of rotatable bonds is 5. The predicted octanol–water partition coefficient (Wildman–Crippen LogP) is 1.41. The summed E-state index contributed by atoms with van der Waals surface area (Å²) < 4.78 is 7.94. The molecule has 0 aliphatic carbocycles. The lowest BCUT2D eigenvalue weighted by molar-refractivity contribution is -0.134. The van der Waals surface area contributed by atoms with E-state index in [0.29, 0.717) is 24.8 Å². The molecule has 2 aromatic rings. The van der Waals surface area contributed by atoms with E-state index in [4.69, 9.17) is 4.74 Å². The van der Waals surface area contributed by atoms with E-state index in [1.165, 1.54) is 0 Å². The van der Waals surface area contributed by atoms with Gasteiger partial charge in [-0.05, 0) is 25.0 Å². The Morgan fingerprint density at radius 2 is 2.04 bits per heavy atom. The molecule has 1 unspecified atom stereocenters. The maximum absolute atomic E-state index is 12.5. The Hall–Kier alpha value is -2.57. The molecule has 1 fully saturated rings. The summed E-state index contributed by atoms with van der Waals surface area (Å²) in [5, 5.41) is 0. The largest absolute Gasteiger partial charge is 0.470 e. The highest BCUT2D eigenvalue weighted by atomic mass is 16.5. The predicted molar refractivity (Wildman–Crippen MR) is 91.0 cm³/mol. The minimum atomic E-state index is -0.0530. The normalized spacial score (nSPS) is 17.6. The first-order valence-electron chi connectivity index (χ1n) is 8.17. The van der Waals surface area contributed by atoms with Crippen molar-refractivity contribution in [1.82, 2.24) is 19.4 Å². The molecule has 7 heteroatoms. The van der Waals surface area contributed by atoms with Gasteiger partial charge >= 0.3 is 0 Å². The van der Waals surface area contributed by atoms with Crippen LogP contribution < -0.4 is 9.64 Å². The number of nitrogens with zero attached hydrogens (tertiary/aromatic N) is 5. The van der Waals surface area contributed by atoms with Gasteiger partial charge in [0, 0.05) is 45.4 Å². The van der Waals surface area contributed by atoms with Gasteiger partial charge in [0.05, 0.1) is 6.54 Å². The van der Waals surface area contributed by atoms with E-state index in [1.54, 1.807) is 12.4 Å². The molecule has 0 radical (unpaired) electrons. The SMILES string of the molecule is CN(C)c1nccnc1OC1CCCN(C(=O)Cn2cccc2)C1. The molecule has 0 N–H and O–H groups in total. The Balaban J connectivity index is 1.62. The molecule has 3 rings (SSSR count). The molecule has 1 aliphatic rings. The number of likely N-dealkylation sites (tertiary alicyclic amines) is 1. The van der Waals surface area contributed by atoms with Crippen molar-refractivity contribution < 1.29 is 9.53 Å². The Bertz CT molecular complexity index is 671. The van der Waals surface area contributed by atoms with Crippen LogP contribution >= 0.6 is 0 Å². The third-order valence-electron chi connectivity index (χ3n) is 4.06. The summed E-state index contributed by atoms with van der Waals surface area (Å²) in [5.41, 5.74) is 0. The monoisotopic (exact) mass is 329 g/mol. The molecule has 1 saturated heterocycles. The second kappa shape index (κ2) is 7.33. The number of ether oxygens (including phenoxy) is 1. The number of carbonyl (C=O) groups is 1. The van der Waals surface area contributed by atoms with Crippen molar-refractivity contribution in [2.24, 2.45) is 0 Å². The van der Waals surface area contributed by atoms with E-state index in [2.05, 4.69) is 9.97 Å². The van der Waals surface area contributed by atoms with Crippen LogP contribution in [-0.4, -0.2) is 58.6 Å². The third-order valence-corrected chi connectivity index (χ3v) is 4.06. The van der Waals surface area contributed by atoms with Crippen LogP contribution in [0, 0.1) is 0 Å². The van der Waals surface area contributed by atoms with E-state index in [0.717, 1.165) is 19.4 Å². The zero-order valence-electron chi connectivity index (χ0n) is 14.1. The smallest absolute Gasteiger partial charge is 0.257 e. The maximum atomic E-state index is 12.5. The summed E-state index contributed by atoms with van der Waals surface area (Å²) in [6.07, 6.45) is 8.87. The van der Waals surface area contributed by atoms with Gasteiger partial charge in [-0.15, -0.1) is 0 Å². The topological polar surface area (TPSA) is 63.5 Å². The summed E-state index contributed by atoms with van der Waals surface area (Å²) in [7, 11) is 3.81. The maximum Gasteiger partial charge on any atom is 0.257 e. The van der Waals surface area contributed by atoms with Crippen molar-refractivity contribution in [2.75, 3.05) is 32.1 Å². The minimum absolute atomic E-state index is 0.0530. The second-order valence-electron chi connectivity index (χ2n) is 6.16. The van der Waals surface area contributed by atoms with E-state index in [1.807, 2.05) is 53.0 Å². The van der Waals surface area contributed by atoms with Crippen molar-refractivity contribution in [2.45, 2.75) is 25.5 Å². The average Bonchev–Trinajstić information content (AvgIpc) is 3.08. The molecule has 0 spiro atoms. The van der Waals surface area contributed by atoms with Crippen molar-refractivity contribution in [3.63, 3.8) is 0 Å². The van der Waals surface area contributed by atoms with Crippen LogP contribution in [0.25, 0.3) is 0 Å². The van der Waals surface area contributed by atoms with Gasteiger partial charge in [0.1, 0.15) is 12.6 Å². The fourth-order valence-electron chi connectivity index (χ4n) is 2.86. The highest BCUT2D eigenvalue weighted by Gasteiger charge is 2.26. The van der Waals surface area contributed by atoms with E-state index in [9.17, 15) is 4.79 Å². The number of piperidine rings is 1. The molecule has 1 amide bonds. The van der Waals surface area contributed by atoms with Gasteiger partial charge < -0.3 is 19.1 Å². The molecule has 0 bridgehead atoms. The number of aromatic nitrogens is 3. The number of carbonyl (C=O) groups excluding carboxylic acids is 1. The molecule has 0 saturated carbocycles. The number of anilines is 1. The fraction of sp³-hybridized carbons (Fsp3) is 0.471. The van der Waals surface area contributed by atoms with Crippen molar-refractivity contribution in [3.05, 3.63) is 36.9 Å². The molecule has 24 heavy (non-hydrogen) atoms. The molecular weight excluding hydrogens is 306 g/mol. The van der Waals surface area contributed by atoms with Gasteiger partial charge in [0.2, 0.25) is 5.91 Å². The summed E-state index contributed by atoms with van der Waals surface area (Å²) in [6.45, 7) is 1.73. The fourth-order valence-corrected chi connectivity index (χ4v) is 2.86. The Morgan fingerprint density at radius 3 is 2.79 bits per heavy atom. The summed E-state index contributed by atoms with van der Waals surface area (Å²) >= 11 is 0. The molecule has 3 heterocycles.